The third-order valence-electron chi connectivity index (χ3n) is 3.10. The molecule has 3 aromatic rings. The molecule has 1 atom stereocenters. The molecule has 0 spiro atoms. The molecule has 0 saturated carbocycles. The quantitative estimate of drug-likeness (QED) is 0.594. The average Bonchev–Trinajstić information content (AvgIpc) is 2.79. The van der Waals surface area contributed by atoms with Gasteiger partial charge in [0.25, 0.3) is 0 Å². The van der Waals surface area contributed by atoms with Gasteiger partial charge in [-0.05, 0) is 64.0 Å². The lowest BCUT2D eigenvalue weighted by molar-refractivity contribution is 0.555. The molecule has 4 nitrogen and oxygen atoms in total. The Morgan fingerprint density at radius 1 is 1.25 bits per heavy atom. The predicted octanol–water partition coefficient (Wildman–Crippen LogP) is 3.54. The van der Waals surface area contributed by atoms with Crippen molar-refractivity contribution in [2.75, 3.05) is 0 Å². The van der Waals surface area contributed by atoms with Gasteiger partial charge in [-0.3, -0.25) is 4.98 Å². The highest BCUT2D eigenvalue weighted by Crippen LogP contribution is 2.28. The highest BCUT2D eigenvalue weighted by molar-refractivity contribution is 14.1. The number of halogens is 2. The van der Waals surface area contributed by atoms with Crippen LogP contribution < -0.4 is 11.5 Å². The van der Waals surface area contributed by atoms with E-state index < -0.39 is 5.76 Å². The van der Waals surface area contributed by atoms with Crippen LogP contribution in [0.4, 0.5) is 0 Å². The SMILES string of the molecule is NC(c1ccc2[nH]c(=O)oc2c1)c1cc(Br)ccc1I. The number of H-pyrrole nitrogens is 1. The largest absolute Gasteiger partial charge is 0.417 e. The van der Waals surface area contributed by atoms with Gasteiger partial charge in [-0.15, -0.1) is 0 Å². The number of aromatic nitrogens is 1. The van der Waals surface area contributed by atoms with Crippen LogP contribution in [-0.4, -0.2) is 4.98 Å². The molecule has 1 heterocycles. The fourth-order valence-corrected chi connectivity index (χ4v) is 3.14. The molecule has 0 aliphatic rings. The Morgan fingerprint density at radius 2 is 2.05 bits per heavy atom. The fourth-order valence-electron chi connectivity index (χ4n) is 2.09. The Balaban J connectivity index is 2.09. The molecule has 20 heavy (non-hydrogen) atoms. The van der Waals surface area contributed by atoms with E-state index >= 15 is 0 Å². The molecular weight excluding hydrogens is 435 g/mol. The minimum Gasteiger partial charge on any atom is -0.408 e. The van der Waals surface area contributed by atoms with E-state index in [1.807, 2.05) is 24.3 Å². The number of nitrogens with two attached hydrogens (primary N) is 1. The zero-order valence-electron chi connectivity index (χ0n) is 10.2. The van der Waals surface area contributed by atoms with Crippen LogP contribution in [0.2, 0.25) is 0 Å². The molecule has 3 rings (SSSR count). The van der Waals surface area contributed by atoms with E-state index in [-0.39, 0.29) is 6.04 Å². The van der Waals surface area contributed by atoms with Crippen LogP contribution in [0.25, 0.3) is 11.1 Å². The maximum absolute atomic E-state index is 11.2. The molecule has 1 aromatic heterocycles. The van der Waals surface area contributed by atoms with Crippen LogP contribution in [0.5, 0.6) is 0 Å². The Labute approximate surface area is 136 Å². The number of aromatic amines is 1. The van der Waals surface area contributed by atoms with E-state index in [2.05, 4.69) is 43.5 Å². The van der Waals surface area contributed by atoms with E-state index in [4.69, 9.17) is 10.2 Å². The zero-order chi connectivity index (χ0) is 14.3. The standard InChI is InChI=1S/C14H10BrIN2O2/c15-8-2-3-10(16)9(6-8)13(17)7-1-4-11-12(5-7)20-14(19)18-11/h1-6,13H,17H2,(H,18,19). The lowest BCUT2D eigenvalue weighted by Crippen LogP contribution is -2.13. The molecule has 0 fully saturated rings. The number of hydrogen-bond acceptors (Lipinski definition) is 3. The van der Waals surface area contributed by atoms with E-state index in [0.717, 1.165) is 19.2 Å². The Morgan fingerprint density at radius 3 is 2.85 bits per heavy atom. The van der Waals surface area contributed by atoms with Crippen molar-refractivity contribution in [3.8, 4) is 0 Å². The minimum absolute atomic E-state index is 0.274. The third kappa shape index (κ3) is 2.55. The first-order valence-corrected chi connectivity index (χ1v) is 7.75. The van der Waals surface area contributed by atoms with Crippen LogP contribution in [0.3, 0.4) is 0 Å². The van der Waals surface area contributed by atoms with Gasteiger partial charge in [0.2, 0.25) is 0 Å². The molecule has 0 bridgehead atoms. The number of hydrogen-bond donors (Lipinski definition) is 2. The van der Waals surface area contributed by atoms with Crippen LogP contribution in [0.15, 0.2) is 50.1 Å². The molecular formula is C14H10BrIN2O2. The Kier molecular flexibility index (Phi) is 3.70. The van der Waals surface area contributed by atoms with Crippen LogP contribution in [0.1, 0.15) is 17.2 Å². The van der Waals surface area contributed by atoms with E-state index in [9.17, 15) is 4.79 Å². The third-order valence-corrected chi connectivity index (χ3v) is 4.57. The average molecular weight is 445 g/mol. The van der Waals surface area contributed by atoms with Gasteiger partial charge in [0.05, 0.1) is 11.6 Å². The van der Waals surface area contributed by atoms with Crippen molar-refractivity contribution in [1.82, 2.24) is 4.98 Å². The van der Waals surface area contributed by atoms with E-state index in [0.29, 0.717) is 11.1 Å². The zero-order valence-corrected chi connectivity index (χ0v) is 13.9. The van der Waals surface area contributed by atoms with Gasteiger partial charge in [0, 0.05) is 8.04 Å². The highest BCUT2D eigenvalue weighted by Gasteiger charge is 2.14. The van der Waals surface area contributed by atoms with Gasteiger partial charge < -0.3 is 10.2 Å². The molecule has 0 aliphatic carbocycles. The predicted molar refractivity (Wildman–Crippen MR) is 89.7 cm³/mol. The number of rotatable bonds is 2. The first kappa shape index (κ1) is 13.8. The summed E-state index contributed by atoms with van der Waals surface area (Å²) in [6.07, 6.45) is 0. The second kappa shape index (κ2) is 5.34. The molecule has 0 aliphatic heterocycles. The normalized spacial score (nSPS) is 12.8. The van der Waals surface area contributed by atoms with Crippen molar-refractivity contribution < 1.29 is 4.42 Å². The lowest BCUT2D eigenvalue weighted by Gasteiger charge is -2.14. The first-order valence-electron chi connectivity index (χ1n) is 5.88. The topological polar surface area (TPSA) is 72.0 Å². The molecule has 3 N–H and O–H groups in total. The molecule has 0 radical (unpaired) electrons. The van der Waals surface area contributed by atoms with Crippen molar-refractivity contribution in [1.29, 1.82) is 0 Å². The summed E-state index contributed by atoms with van der Waals surface area (Å²) in [7, 11) is 0. The summed E-state index contributed by atoms with van der Waals surface area (Å²) < 4.78 is 7.15. The van der Waals surface area contributed by atoms with Gasteiger partial charge in [0.15, 0.2) is 5.58 Å². The highest BCUT2D eigenvalue weighted by atomic mass is 127. The van der Waals surface area contributed by atoms with Gasteiger partial charge in [-0.2, -0.15) is 0 Å². The summed E-state index contributed by atoms with van der Waals surface area (Å²) in [5.41, 5.74) is 9.45. The van der Waals surface area contributed by atoms with Crippen molar-refractivity contribution in [2.45, 2.75) is 6.04 Å². The van der Waals surface area contributed by atoms with Crippen molar-refractivity contribution >= 4 is 49.6 Å². The molecule has 102 valence electrons. The Hall–Kier alpha value is -1.12. The summed E-state index contributed by atoms with van der Waals surface area (Å²) >= 11 is 5.72. The second-order valence-corrected chi connectivity index (χ2v) is 6.49. The van der Waals surface area contributed by atoms with Crippen LogP contribution in [0, 0.1) is 3.57 Å². The fraction of sp³-hybridized carbons (Fsp3) is 0.0714. The summed E-state index contributed by atoms with van der Waals surface area (Å²) in [4.78, 5) is 13.8. The summed E-state index contributed by atoms with van der Waals surface area (Å²) in [5.74, 6) is -0.456. The maximum Gasteiger partial charge on any atom is 0.417 e. The number of benzene rings is 2. The van der Waals surface area contributed by atoms with Crippen LogP contribution in [-0.2, 0) is 0 Å². The Bertz CT molecular complexity index is 841. The van der Waals surface area contributed by atoms with Crippen LogP contribution >= 0.6 is 38.5 Å². The molecule has 0 saturated heterocycles. The van der Waals surface area contributed by atoms with Gasteiger partial charge in [-0.1, -0.05) is 22.0 Å². The van der Waals surface area contributed by atoms with E-state index in [1.165, 1.54) is 0 Å². The van der Waals surface area contributed by atoms with Gasteiger partial charge in [0.1, 0.15) is 0 Å². The first-order chi connectivity index (χ1) is 9.54. The van der Waals surface area contributed by atoms with E-state index in [1.54, 1.807) is 12.1 Å². The monoisotopic (exact) mass is 444 g/mol. The molecule has 2 aromatic carbocycles. The number of nitrogens with one attached hydrogen (secondary N) is 1. The van der Waals surface area contributed by atoms with Crippen molar-refractivity contribution in [2.24, 2.45) is 5.73 Å². The number of oxazole rings is 1. The molecule has 6 heteroatoms. The minimum atomic E-state index is -0.456. The summed E-state index contributed by atoms with van der Waals surface area (Å²) in [6, 6.07) is 11.2. The molecule has 0 amide bonds. The van der Waals surface area contributed by atoms with Crippen molar-refractivity contribution in [3.05, 3.63) is 66.1 Å². The maximum atomic E-state index is 11.2. The second-order valence-electron chi connectivity index (χ2n) is 4.41. The summed E-state index contributed by atoms with van der Waals surface area (Å²) in [5, 5.41) is 0. The molecule has 1 unspecified atom stereocenters. The van der Waals surface area contributed by atoms with Gasteiger partial charge >= 0.3 is 5.76 Å². The van der Waals surface area contributed by atoms with Crippen molar-refractivity contribution in [3.63, 3.8) is 0 Å². The van der Waals surface area contributed by atoms with Gasteiger partial charge in [-0.25, -0.2) is 4.79 Å². The lowest BCUT2D eigenvalue weighted by atomic mass is 9.99. The smallest absolute Gasteiger partial charge is 0.408 e. The summed E-state index contributed by atoms with van der Waals surface area (Å²) in [6.45, 7) is 0. The number of fused-ring (bicyclic) bond motifs is 1.